The van der Waals surface area contributed by atoms with Crippen LogP contribution in [-0.2, 0) is 13.8 Å². The van der Waals surface area contributed by atoms with Crippen molar-refractivity contribution in [1.82, 2.24) is 4.90 Å². The van der Waals surface area contributed by atoms with Crippen LogP contribution in [0.5, 0.6) is 0 Å². The summed E-state index contributed by atoms with van der Waals surface area (Å²) in [4.78, 5) is 13.5. The largest absolute Gasteiger partial charge is 0.383 e. The molecule has 7 heteroatoms. The van der Waals surface area contributed by atoms with E-state index in [0.29, 0.717) is 18.7 Å². The first-order valence-corrected chi connectivity index (χ1v) is 7.88. The molecule has 1 rings (SSSR count). The maximum Gasteiger partial charge on any atom is 0.261 e. The number of rotatable bonds is 5. The van der Waals surface area contributed by atoms with Gasteiger partial charge in [-0.05, 0) is 24.6 Å². The van der Waals surface area contributed by atoms with Crippen molar-refractivity contribution in [3.63, 3.8) is 0 Å². The van der Waals surface area contributed by atoms with E-state index in [-0.39, 0.29) is 16.4 Å². The van der Waals surface area contributed by atoms with Gasteiger partial charge in [-0.1, -0.05) is 6.07 Å². The molecule has 0 saturated heterocycles. The van der Waals surface area contributed by atoms with Gasteiger partial charge in [-0.15, -0.1) is 0 Å². The standard InChI is InChI=1S/C12H16ClNO4S/c1-9-4-5-10(8-11(9)19(13,16)17)12(15)14(2)6-7-18-3/h4-5,8H,6-7H2,1-3H3. The zero-order valence-corrected chi connectivity index (χ0v) is 12.6. The number of ether oxygens (including phenoxy) is 1. The van der Waals surface area contributed by atoms with E-state index in [0.717, 1.165) is 0 Å². The molecule has 5 nitrogen and oxygen atoms in total. The molecule has 0 spiro atoms. The lowest BCUT2D eigenvalue weighted by Crippen LogP contribution is -2.30. The van der Waals surface area contributed by atoms with E-state index in [1.165, 1.54) is 11.0 Å². The van der Waals surface area contributed by atoms with Crippen molar-refractivity contribution in [3.8, 4) is 0 Å². The highest BCUT2D eigenvalue weighted by Gasteiger charge is 2.18. The van der Waals surface area contributed by atoms with E-state index in [4.69, 9.17) is 15.4 Å². The lowest BCUT2D eigenvalue weighted by atomic mass is 10.1. The number of amides is 1. The molecule has 1 amide bonds. The predicted octanol–water partition coefficient (Wildman–Crippen LogP) is 1.64. The van der Waals surface area contributed by atoms with Crippen LogP contribution in [0.25, 0.3) is 0 Å². The van der Waals surface area contributed by atoms with Crippen molar-refractivity contribution in [3.05, 3.63) is 29.3 Å². The van der Waals surface area contributed by atoms with Crippen molar-refractivity contribution in [2.24, 2.45) is 0 Å². The van der Waals surface area contributed by atoms with Crippen LogP contribution in [0.4, 0.5) is 0 Å². The van der Waals surface area contributed by atoms with Crippen molar-refractivity contribution in [2.75, 3.05) is 27.3 Å². The summed E-state index contributed by atoms with van der Waals surface area (Å²) in [5.41, 5.74) is 0.787. The first-order chi connectivity index (χ1) is 8.77. The Balaban J connectivity index is 3.06. The number of likely N-dealkylation sites (N-methyl/N-ethyl adjacent to an activating group) is 1. The Morgan fingerprint density at radius 2 is 2.05 bits per heavy atom. The monoisotopic (exact) mass is 305 g/mol. The third-order valence-electron chi connectivity index (χ3n) is 2.68. The summed E-state index contributed by atoms with van der Waals surface area (Å²) in [6.45, 7) is 2.46. The van der Waals surface area contributed by atoms with Crippen molar-refractivity contribution in [2.45, 2.75) is 11.8 Å². The lowest BCUT2D eigenvalue weighted by molar-refractivity contribution is 0.0744. The van der Waals surface area contributed by atoms with Crippen molar-refractivity contribution < 1.29 is 17.9 Å². The number of carbonyl (C=O) groups excluding carboxylic acids is 1. The van der Waals surface area contributed by atoms with Crippen molar-refractivity contribution in [1.29, 1.82) is 0 Å². The molecular weight excluding hydrogens is 290 g/mol. The number of methoxy groups -OCH3 is 1. The normalized spacial score (nSPS) is 11.4. The fourth-order valence-corrected chi connectivity index (χ4v) is 2.77. The van der Waals surface area contributed by atoms with Gasteiger partial charge in [-0.25, -0.2) is 8.42 Å². The van der Waals surface area contributed by atoms with Gasteiger partial charge in [0, 0.05) is 36.9 Å². The second-order valence-electron chi connectivity index (χ2n) is 4.14. The highest BCUT2D eigenvalue weighted by molar-refractivity contribution is 8.13. The third-order valence-corrected chi connectivity index (χ3v) is 4.14. The molecule has 19 heavy (non-hydrogen) atoms. The molecule has 1 aromatic carbocycles. The summed E-state index contributed by atoms with van der Waals surface area (Å²) in [6, 6.07) is 4.43. The highest BCUT2D eigenvalue weighted by atomic mass is 35.7. The Morgan fingerprint density at radius 3 is 2.58 bits per heavy atom. The van der Waals surface area contributed by atoms with Gasteiger partial charge < -0.3 is 9.64 Å². The fraction of sp³-hybridized carbons (Fsp3) is 0.417. The smallest absolute Gasteiger partial charge is 0.261 e. The first kappa shape index (κ1) is 15.9. The SMILES string of the molecule is COCCN(C)C(=O)c1ccc(C)c(S(=O)(=O)Cl)c1. The molecule has 0 fully saturated rings. The van der Waals surface area contributed by atoms with Crippen LogP contribution in [-0.4, -0.2) is 46.5 Å². The number of nitrogens with zero attached hydrogens (tertiary/aromatic N) is 1. The van der Waals surface area contributed by atoms with E-state index in [2.05, 4.69) is 0 Å². The summed E-state index contributed by atoms with van der Waals surface area (Å²) in [5.74, 6) is -0.279. The lowest BCUT2D eigenvalue weighted by Gasteiger charge is -2.17. The number of aryl methyl sites for hydroxylation is 1. The minimum absolute atomic E-state index is 0.0415. The Hall–Kier alpha value is -1.11. The molecular formula is C12H16ClNO4S. The molecule has 0 saturated carbocycles. The van der Waals surface area contributed by atoms with Crippen LogP contribution in [0, 0.1) is 6.92 Å². The topological polar surface area (TPSA) is 63.7 Å². The van der Waals surface area contributed by atoms with Crippen LogP contribution in [0.3, 0.4) is 0 Å². The van der Waals surface area contributed by atoms with Crippen LogP contribution in [0.2, 0.25) is 0 Å². The van der Waals surface area contributed by atoms with Gasteiger partial charge >= 0.3 is 0 Å². The Kier molecular flexibility index (Phi) is 5.34. The Labute approximate surface area is 117 Å². The molecule has 1 aromatic rings. The molecule has 0 heterocycles. The van der Waals surface area contributed by atoms with Gasteiger partial charge in [-0.2, -0.15) is 0 Å². The van der Waals surface area contributed by atoms with Gasteiger partial charge in [0.2, 0.25) is 0 Å². The molecule has 0 N–H and O–H groups in total. The molecule has 0 aliphatic rings. The Morgan fingerprint density at radius 1 is 1.42 bits per heavy atom. The van der Waals surface area contributed by atoms with Crippen LogP contribution in [0.1, 0.15) is 15.9 Å². The van der Waals surface area contributed by atoms with Crippen LogP contribution < -0.4 is 0 Å². The molecule has 0 aromatic heterocycles. The van der Waals surface area contributed by atoms with Gasteiger partial charge in [0.25, 0.3) is 15.0 Å². The third kappa shape index (κ3) is 4.19. The van der Waals surface area contributed by atoms with E-state index >= 15 is 0 Å². The highest BCUT2D eigenvalue weighted by Crippen LogP contribution is 2.21. The number of benzene rings is 1. The molecule has 106 valence electrons. The summed E-state index contributed by atoms with van der Waals surface area (Å²) >= 11 is 0. The summed E-state index contributed by atoms with van der Waals surface area (Å²) in [7, 11) is 4.64. The number of carbonyl (C=O) groups is 1. The van der Waals surface area contributed by atoms with E-state index in [1.807, 2.05) is 0 Å². The molecule has 0 aliphatic carbocycles. The molecule has 0 radical (unpaired) electrons. The summed E-state index contributed by atoms with van der Waals surface area (Å²) in [6.07, 6.45) is 0. The number of hydrogen-bond donors (Lipinski definition) is 0. The molecule has 0 unspecified atom stereocenters. The predicted molar refractivity (Wildman–Crippen MR) is 73.1 cm³/mol. The second-order valence-corrected chi connectivity index (χ2v) is 6.67. The van der Waals surface area contributed by atoms with Gasteiger partial charge in [0.1, 0.15) is 0 Å². The quantitative estimate of drug-likeness (QED) is 0.776. The van der Waals surface area contributed by atoms with Gasteiger partial charge in [0.05, 0.1) is 11.5 Å². The minimum atomic E-state index is -3.86. The molecule has 0 atom stereocenters. The van der Waals surface area contributed by atoms with E-state index in [9.17, 15) is 13.2 Å². The molecule has 0 aliphatic heterocycles. The zero-order valence-electron chi connectivity index (χ0n) is 11.0. The average molecular weight is 306 g/mol. The molecule has 0 bridgehead atoms. The second kappa shape index (κ2) is 6.36. The minimum Gasteiger partial charge on any atom is -0.383 e. The maximum absolute atomic E-state index is 12.1. The van der Waals surface area contributed by atoms with Crippen molar-refractivity contribution >= 4 is 25.6 Å². The van der Waals surface area contributed by atoms with E-state index < -0.39 is 9.05 Å². The van der Waals surface area contributed by atoms with Gasteiger partial charge in [0.15, 0.2) is 0 Å². The Bertz CT molecular complexity index is 571. The zero-order chi connectivity index (χ0) is 14.6. The summed E-state index contributed by atoms with van der Waals surface area (Å²) < 4.78 is 27.7. The van der Waals surface area contributed by atoms with Gasteiger partial charge in [-0.3, -0.25) is 4.79 Å². The number of halogens is 1. The summed E-state index contributed by atoms with van der Waals surface area (Å²) in [5, 5.41) is 0. The first-order valence-electron chi connectivity index (χ1n) is 5.57. The van der Waals surface area contributed by atoms with Crippen LogP contribution in [0.15, 0.2) is 23.1 Å². The average Bonchev–Trinajstić information content (AvgIpc) is 2.34. The maximum atomic E-state index is 12.1. The van der Waals surface area contributed by atoms with E-state index in [1.54, 1.807) is 33.2 Å². The van der Waals surface area contributed by atoms with Crippen LogP contribution >= 0.6 is 10.7 Å². The number of hydrogen-bond acceptors (Lipinski definition) is 4. The fourth-order valence-electron chi connectivity index (χ4n) is 1.55.